The van der Waals surface area contributed by atoms with Gasteiger partial charge < -0.3 is 4.57 Å². The Balaban J connectivity index is 2.45. The number of nitrogens with zero attached hydrogens (tertiary/aromatic N) is 1. The van der Waals surface area contributed by atoms with Gasteiger partial charge in [0.2, 0.25) is 5.43 Å². The van der Waals surface area contributed by atoms with E-state index in [1.807, 2.05) is 74.5 Å². The fraction of sp³-hybridized carbons (Fsp3) is 0.267. The standard InChI is InChI=1S/C30H32FNO2/c1-7-26(19(2)3)32-18-25(22(6)33)30(34)28(31)29(32)21(5)27(24-16-12-9-13-17-24)20(4)23-14-10-8-11-15-23/h8-19,26H,4,7H2,1-3,5-6H3/b27-21-/t26-/m0/s1. The third-order valence-electron chi connectivity index (χ3n) is 6.32. The van der Waals surface area contributed by atoms with Gasteiger partial charge in [-0.25, -0.2) is 4.39 Å². The number of ketones is 1. The van der Waals surface area contributed by atoms with Gasteiger partial charge in [0.05, 0.1) is 11.3 Å². The minimum atomic E-state index is -0.904. The summed E-state index contributed by atoms with van der Waals surface area (Å²) in [5.41, 5.74) is 3.08. The second kappa shape index (κ2) is 10.6. The van der Waals surface area contributed by atoms with E-state index in [4.69, 9.17) is 0 Å². The first-order valence-corrected chi connectivity index (χ1v) is 11.7. The van der Waals surface area contributed by atoms with E-state index in [-0.39, 0.29) is 23.2 Å². The largest absolute Gasteiger partial charge is 0.341 e. The van der Waals surface area contributed by atoms with Crippen LogP contribution in [0.3, 0.4) is 0 Å². The Morgan fingerprint density at radius 3 is 1.97 bits per heavy atom. The van der Waals surface area contributed by atoms with Gasteiger partial charge >= 0.3 is 0 Å². The molecule has 0 unspecified atom stereocenters. The van der Waals surface area contributed by atoms with Crippen LogP contribution in [0, 0.1) is 11.7 Å². The second-order valence-corrected chi connectivity index (χ2v) is 8.93. The smallest absolute Gasteiger partial charge is 0.228 e. The molecule has 0 N–H and O–H groups in total. The molecular weight excluding hydrogens is 425 g/mol. The number of carbonyl (C=O) groups is 1. The highest BCUT2D eigenvalue weighted by Gasteiger charge is 2.26. The van der Waals surface area contributed by atoms with Crippen molar-refractivity contribution in [3.8, 4) is 0 Å². The van der Waals surface area contributed by atoms with Crippen molar-refractivity contribution < 1.29 is 9.18 Å². The number of halogens is 1. The van der Waals surface area contributed by atoms with E-state index in [1.165, 1.54) is 13.1 Å². The van der Waals surface area contributed by atoms with Crippen molar-refractivity contribution in [3.63, 3.8) is 0 Å². The van der Waals surface area contributed by atoms with E-state index in [9.17, 15) is 9.59 Å². The van der Waals surface area contributed by atoms with Crippen LogP contribution in [-0.2, 0) is 0 Å². The first-order valence-electron chi connectivity index (χ1n) is 11.7. The van der Waals surface area contributed by atoms with Gasteiger partial charge in [-0.2, -0.15) is 0 Å². The highest BCUT2D eigenvalue weighted by Crippen LogP contribution is 2.38. The Morgan fingerprint density at radius 2 is 1.50 bits per heavy atom. The molecule has 0 aliphatic heterocycles. The number of carbonyl (C=O) groups excluding carboxylic acids is 1. The summed E-state index contributed by atoms with van der Waals surface area (Å²) in [6, 6.07) is 19.3. The monoisotopic (exact) mass is 457 g/mol. The van der Waals surface area contributed by atoms with Crippen molar-refractivity contribution in [1.29, 1.82) is 0 Å². The molecule has 3 nitrogen and oxygen atoms in total. The van der Waals surface area contributed by atoms with Crippen molar-refractivity contribution in [3.05, 3.63) is 112 Å². The SMILES string of the molecule is C=C(/C(=C(\C)c1c(F)c(=O)c(C(C)=O)cn1[C@@H](CC)C(C)C)c1ccccc1)c1ccccc1. The molecule has 0 amide bonds. The van der Waals surface area contributed by atoms with E-state index in [0.717, 1.165) is 28.7 Å². The lowest BCUT2D eigenvalue weighted by Gasteiger charge is -2.28. The predicted molar refractivity (Wildman–Crippen MR) is 139 cm³/mol. The van der Waals surface area contributed by atoms with Crippen molar-refractivity contribution in [2.24, 2.45) is 5.92 Å². The Morgan fingerprint density at radius 1 is 0.971 bits per heavy atom. The maximum Gasteiger partial charge on any atom is 0.228 e. The summed E-state index contributed by atoms with van der Waals surface area (Å²) in [5, 5.41) is 0. The fourth-order valence-electron chi connectivity index (χ4n) is 4.59. The van der Waals surface area contributed by atoms with Crippen molar-refractivity contribution in [1.82, 2.24) is 4.57 Å². The normalized spacial score (nSPS) is 12.9. The number of rotatable bonds is 8. The van der Waals surface area contributed by atoms with Crippen LogP contribution in [0.2, 0.25) is 0 Å². The third-order valence-corrected chi connectivity index (χ3v) is 6.32. The molecule has 3 aromatic rings. The summed E-state index contributed by atoms with van der Waals surface area (Å²) in [5.74, 6) is -1.18. The Kier molecular flexibility index (Phi) is 7.83. The average molecular weight is 458 g/mol. The Labute approximate surface area is 201 Å². The van der Waals surface area contributed by atoms with E-state index in [0.29, 0.717) is 5.57 Å². The molecular formula is C30H32FNO2. The van der Waals surface area contributed by atoms with Crippen LogP contribution in [0.4, 0.5) is 4.39 Å². The van der Waals surface area contributed by atoms with E-state index >= 15 is 4.39 Å². The van der Waals surface area contributed by atoms with Gasteiger partial charge in [0, 0.05) is 12.2 Å². The minimum absolute atomic E-state index is 0.0971. The first kappa shape index (κ1) is 25.1. The number of hydrogen-bond donors (Lipinski definition) is 0. The number of benzene rings is 2. The molecule has 1 heterocycles. The molecule has 0 spiro atoms. The van der Waals surface area contributed by atoms with Crippen LogP contribution in [0.5, 0.6) is 0 Å². The summed E-state index contributed by atoms with van der Waals surface area (Å²) < 4.78 is 17.7. The maximum atomic E-state index is 15.9. The van der Waals surface area contributed by atoms with E-state index < -0.39 is 17.0 Å². The third kappa shape index (κ3) is 4.86. The van der Waals surface area contributed by atoms with E-state index in [1.54, 1.807) is 4.57 Å². The lowest BCUT2D eigenvalue weighted by molar-refractivity contribution is 0.101. The first-order chi connectivity index (χ1) is 16.2. The van der Waals surface area contributed by atoms with Gasteiger partial charge in [-0.3, -0.25) is 9.59 Å². The molecule has 4 heteroatoms. The second-order valence-electron chi connectivity index (χ2n) is 8.93. The van der Waals surface area contributed by atoms with Gasteiger partial charge in [-0.1, -0.05) is 88.0 Å². The van der Waals surface area contributed by atoms with Crippen molar-refractivity contribution >= 4 is 22.5 Å². The number of Topliss-reactive ketones (excluding diaryl/α,β-unsaturated/α-hetero) is 1. The number of allylic oxidation sites excluding steroid dienone is 3. The molecule has 0 saturated heterocycles. The van der Waals surface area contributed by atoms with Crippen LogP contribution in [0.25, 0.3) is 16.7 Å². The van der Waals surface area contributed by atoms with Gasteiger partial charge in [0.1, 0.15) is 0 Å². The summed E-state index contributed by atoms with van der Waals surface area (Å²) >= 11 is 0. The molecule has 3 rings (SSSR count). The average Bonchev–Trinajstić information content (AvgIpc) is 2.82. The zero-order valence-electron chi connectivity index (χ0n) is 20.6. The highest BCUT2D eigenvalue weighted by molar-refractivity contribution is 6.13. The lowest BCUT2D eigenvalue weighted by atomic mass is 9.88. The molecule has 2 aromatic carbocycles. The quantitative estimate of drug-likeness (QED) is 0.260. The number of aromatic nitrogens is 1. The molecule has 34 heavy (non-hydrogen) atoms. The van der Waals surface area contributed by atoms with E-state index in [2.05, 4.69) is 20.4 Å². The summed E-state index contributed by atoms with van der Waals surface area (Å²) in [4.78, 5) is 25.1. The topological polar surface area (TPSA) is 39.1 Å². The van der Waals surface area contributed by atoms with Crippen LogP contribution in [0.15, 0.2) is 78.2 Å². The van der Waals surface area contributed by atoms with Gasteiger partial charge in [-0.05, 0) is 54.0 Å². The molecule has 1 atom stereocenters. The number of hydrogen-bond acceptors (Lipinski definition) is 2. The van der Waals surface area contributed by atoms with Crippen molar-refractivity contribution in [2.45, 2.75) is 47.1 Å². The number of pyridine rings is 1. The molecule has 0 bridgehead atoms. The Bertz CT molecular complexity index is 1280. The molecule has 0 aliphatic carbocycles. The molecule has 0 aliphatic rings. The molecule has 176 valence electrons. The maximum absolute atomic E-state index is 15.9. The highest BCUT2D eigenvalue weighted by atomic mass is 19.1. The van der Waals surface area contributed by atoms with Crippen LogP contribution in [-0.4, -0.2) is 10.4 Å². The predicted octanol–water partition coefficient (Wildman–Crippen LogP) is 7.44. The van der Waals surface area contributed by atoms with Gasteiger partial charge in [0.25, 0.3) is 0 Å². The van der Waals surface area contributed by atoms with Crippen LogP contribution < -0.4 is 5.43 Å². The Hall–Kier alpha value is -3.53. The molecule has 0 radical (unpaired) electrons. The van der Waals surface area contributed by atoms with Gasteiger partial charge in [0.15, 0.2) is 11.6 Å². The minimum Gasteiger partial charge on any atom is -0.341 e. The molecule has 0 saturated carbocycles. The fourth-order valence-corrected chi connectivity index (χ4v) is 4.59. The van der Waals surface area contributed by atoms with Gasteiger partial charge in [-0.15, -0.1) is 0 Å². The zero-order valence-corrected chi connectivity index (χ0v) is 20.6. The zero-order chi connectivity index (χ0) is 25.0. The molecule has 0 fully saturated rings. The molecule has 1 aromatic heterocycles. The van der Waals surface area contributed by atoms with Crippen LogP contribution in [0.1, 0.15) is 74.3 Å². The summed E-state index contributed by atoms with van der Waals surface area (Å²) in [7, 11) is 0. The van der Waals surface area contributed by atoms with Crippen LogP contribution >= 0.6 is 0 Å². The lowest BCUT2D eigenvalue weighted by Crippen LogP contribution is -2.27. The van der Waals surface area contributed by atoms with Crippen molar-refractivity contribution in [2.75, 3.05) is 0 Å². The summed E-state index contributed by atoms with van der Waals surface area (Å²) in [6.07, 6.45) is 2.26. The summed E-state index contributed by atoms with van der Waals surface area (Å²) in [6.45, 7) is 13.6.